The number of nitrogens with one attached hydrogen (secondary N) is 1. The Balaban J connectivity index is 1.70. The van der Waals surface area contributed by atoms with E-state index in [4.69, 9.17) is 4.74 Å². The third kappa shape index (κ3) is 5.01. The van der Waals surface area contributed by atoms with Crippen molar-refractivity contribution in [2.75, 3.05) is 18.5 Å². The van der Waals surface area contributed by atoms with Gasteiger partial charge >= 0.3 is 6.09 Å². The van der Waals surface area contributed by atoms with Gasteiger partial charge in [-0.3, -0.25) is 0 Å². The minimum atomic E-state index is -0.470. The second-order valence-corrected chi connectivity index (χ2v) is 9.20. The number of anilines is 2. The van der Waals surface area contributed by atoms with Crippen LogP contribution in [-0.2, 0) is 11.2 Å². The molecular weight excluding hydrogens is 358 g/mol. The summed E-state index contributed by atoms with van der Waals surface area (Å²) in [5.74, 6) is 1.32. The summed E-state index contributed by atoms with van der Waals surface area (Å²) in [6, 6.07) is 6.63. The monoisotopic (exact) mass is 387 g/mol. The molecule has 1 N–H and O–H groups in total. The first-order valence-corrected chi connectivity index (χ1v) is 10.4. The number of benzene rings is 1. The van der Waals surface area contributed by atoms with Crippen LogP contribution >= 0.6 is 11.3 Å². The normalized spacial score (nSPS) is 16.6. The zero-order valence-electron chi connectivity index (χ0n) is 16.8. The molecule has 1 aromatic heterocycles. The largest absolute Gasteiger partial charge is 0.444 e. The van der Waals surface area contributed by atoms with E-state index in [-0.39, 0.29) is 6.09 Å². The molecule has 1 aliphatic carbocycles. The molecular formula is C21H29N3O2S. The summed E-state index contributed by atoms with van der Waals surface area (Å²) in [5.41, 5.74) is 3.39. The number of nitrogens with zero attached hydrogens (tertiary/aromatic N) is 2. The molecule has 0 bridgehead atoms. The summed E-state index contributed by atoms with van der Waals surface area (Å²) in [6.07, 6.45) is 2.96. The molecule has 0 aliphatic heterocycles. The Kier molecular flexibility index (Phi) is 5.75. The number of ether oxygens (including phenoxy) is 1. The summed E-state index contributed by atoms with van der Waals surface area (Å²) in [6.45, 7) is 8.28. The number of fused-ring (bicyclic) bond motifs is 1. The van der Waals surface area contributed by atoms with Crippen LogP contribution in [0, 0.1) is 6.92 Å². The van der Waals surface area contributed by atoms with E-state index in [2.05, 4.69) is 45.8 Å². The van der Waals surface area contributed by atoms with E-state index in [9.17, 15) is 4.79 Å². The van der Waals surface area contributed by atoms with Crippen LogP contribution in [-0.4, -0.2) is 30.3 Å². The molecule has 0 unspecified atom stereocenters. The summed E-state index contributed by atoms with van der Waals surface area (Å²) in [5, 5.41) is 6.09. The van der Waals surface area contributed by atoms with Gasteiger partial charge in [-0.1, -0.05) is 6.07 Å². The Morgan fingerprint density at radius 1 is 1.41 bits per heavy atom. The van der Waals surface area contributed by atoms with Crippen LogP contribution in [0.3, 0.4) is 0 Å². The number of hydrogen-bond donors (Lipinski definition) is 1. The molecule has 3 rings (SSSR count). The minimum Gasteiger partial charge on any atom is -0.444 e. The van der Waals surface area contributed by atoms with Gasteiger partial charge in [0, 0.05) is 30.6 Å². The number of carbonyl (C=O) groups excluding carboxylic acids is 1. The second-order valence-electron chi connectivity index (χ2n) is 8.14. The van der Waals surface area contributed by atoms with E-state index in [1.165, 1.54) is 11.1 Å². The lowest BCUT2D eigenvalue weighted by atomic mass is 9.82. The van der Waals surface area contributed by atoms with Gasteiger partial charge in [0.1, 0.15) is 11.4 Å². The maximum atomic E-state index is 12.0. The highest BCUT2D eigenvalue weighted by molar-refractivity contribution is 7.09. The zero-order valence-corrected chi connectivity index (χ0v) is 17.7. The van der Waals surface area contributed by atoms with Gasteiger partial charge in [-0.25, -0.2) is 9.78 Å². The van der Waals surface area contributed by atoms with Gasteiger partial charge < -0.3 is 15.0 Å². The lowest BCUT2D eigenvalue weighted by Crippen LogP contribution is -2.35. The van der Waals surface area contributed by atoms with Crippen LogP contribution in [0.15, 0.2) is 23.6 Å². The number of alkyl carbamates (subject to hydrolysis) is 1. The second kappa shape index (κ2) is 7.89. The summed E-state index contributed by atoms with van der Waals surface area (Å²) >= 11 is 1.66. The lowest BCUT2D eigenvalue weighted by Gasteiger charge is -2.28. The van der Waals surface area contributed by atoms with Crippen LogP contribution in [0.2, 0.25) is 0 Å². The molecule has 1 heterocycles. The average molecular weight is 388 g/mol. The molecule has 146 valence electrons. The topological polar surface area (TPSA) is 54.5 Å². The van der Waals surface area contributed by atoms with E-state index >= 15 is 0 Å². The molecule has 2 aromatic rings. The Bertz CT molecular complexity index is 810. The van der Waals surface area contributed by atoms with Crippen molar-refractivity contribution < 1.29 is 9.53 Å². The highest BCUT2D eigenvalue weighted by Gasteiger charge is 2.23. The van der Waals surface area contributed by atoms with Crippen LogP contribution in [0.4, 0.5) is 16.3 Å². The number of hydrogen-bond acceptors (Lipinski definition) is 5. The molecule has 5 nitrogen and oxygen atoms in total. The number of aryl methyl sites for hydroxylation is 2. The molecule has 0 saturated heterocycles. The van der Waals surface area contributed by atoms with Crippen molar-refractivity contribution >= 4 is 28.9 Å². The third-order valence-electron chi connectivity index (χ3n) is 4.79. The molecule has 0 saturated carbocycles. The highest BCUT2D eigenvalue weighted by Crippen LogP contribution is 2.35. The number of carbonyl (C=O) groups is 1. The zero-order chi connectivity index (χ0) is 19.6. The summed E-state index contributed by atoms with van der Waals surface area (Å²) in [7, 11) is 2.06. The molecule has 1 atom stereocenters. The van der Waals surface area contributed by atoms with Gasteiger partial charge in [-0.05, 0) is 70.2 Å². The van der Waals surface area contributed by atoms with Crippen LogP contribution < -0.4 is 10.2 Å². The lowest BCUT2D eigenvalue weighted by molar-refractivity contribution is 0.0523. The first-order valence-electron chi connectivity index (χ1n) is 9.48. The molecule has 0 spiro atoms. The minimum absolute atomic E-state index is 0.335. The van der Waals surface area contributed by atoms with Crippen molar-refractivity contribution in [3.05, 3.63) is 39.7 Å². The molecule has 0 radical (unpaired) electrons. The first kappa shape index (κ1) is 19.7. The van der Waals surface area contributed by atoms with Crippen molar-refractivity contribution in [3.8, 4) is 0 Å². The highest BCUT2D eigenvalue weighted by atomic mass is 32.1. The molecule has 1 amide bonds. The first-order chi connectivity index (χ1) is 12.7. The number of rotatable bonds is 4. The fourth-order valence-electron chi connectivity index (χ4n) is 3.48. The predicted octanol–water partition coefficient (Wildman–Crippen LogP) is 5.16. The third-order valence-corrected chi connectivity index (χ3v) is 5.56. The van der Waals surface area contributed by atoms with Gasteiger partial charge in [0.2, 0.25) is 0 Å². The summed E-state index contributed by atoms with van der Waals surface area (Å²) in [4.78, 5) is 18.7. The van der Waals surface area contributed by atoms with Crippen molar-refractivity contribution in [1.82, 2.24) is 10.3 Å². The number of thiazole rings is 1. The maximum absolute atomic E-state index is 12.0. The SMILES string of the molecule is Cc1nc(N(C)c2ccc3c(c2)CCC[C@H]3CNC(=O)OC(C)(C)C)cs1. The van der Waals surface area contributed by atoms with E-state index < -0.39 is 5.60 Å². The van der Waals surface area contributed by atoms with E-state index in [1.807, 2.05) is 27.7 Å². The number of aromatic nitrogens is 1. The Hall–Kier alpha value is -2.08. The average Bonchev–Trinajstić information content (AvgIpc) is 3.03. The standard InChI is InChI=1S/C21H29N3O2S/c1-14-23-19(13-27-14)24(5)17-9-10-18-15(11-17)7-6-8-16(18)12-22-20(25)26-21(2,3)4/h9-11,13,16H,6-8,12H2,1-5H3,(H,22,25)/t16-/m0/s1. The van der Waals surface area contributed by atoms with Gasteiger partial charge in [0.15, 0.2) is 0 Å². The molecule has 1 aliphatic rings. The van der Waals surface area contributed by atoms with Gasteiger partial charge in [-0.15, -0.1) is 11.3 Å². The van der Waals surface area contributed by atoms with E-state index in [0.29, 0.717) is 12.5 Å². The van der Waals surface area contributed by atoms with Crippen molar-refractivity contribution in [2.45, 2.75) is 58.5 Å². The van der Waals surface area contributed by atoms with Crippen LogP contribution in [0.25, 0.3) is 0 Å². The number of amides is 1. The van der Waals surface area contributed by atoms with E-state index in [1.54, 1.807) is 11.3 Å². The Labute approximate surface area is 165 Å². The fourth-order valence-corrected chi connectivity index (χ4v) is 4.11. The predicted molar refractivity (Wildman–Crippen MR) is 111 cm³/mol. The van der Waals surface area contributed by atoms with Crippen molar-refractivity contribution in [2.24, 2.45) is 0 Å². The molecule has 6 heteroatoms. The molecule has 1 aromatic carbocycles. The molecule has 27 heavy (non-hydrogen) atoms. The van der Waals surface area contributed by atoms with Gasteiger partial charge in [0.05, 0.1) is 5.01 Å². The summed E-state index contributed by atoms with van der Waals surface area (Å²) < 4.78 is 5.36. The van der Waals surface area contributed by atoms with Crippen molar-refractivity contribution in [1.29, 1.82) is 0 Å². The van der Waals surface area contributed by atoms with E-state index in [0.717, 1.165) is 35.8 Å². The Morgan fingerprint density at radius 2 is 2.19 bits per heavy atom. The van der Waals surface area contributed by atoms with Crippen LogP contribution in [0.1, 0.15) is 55.7 Å². The van der Waals surface area contributed by atoms with Crippen molar-refractivity contribution in [3.63, 3.8) is 0 Å². The molecule has 0 fully saturated rings. The fraction of sp³-hybridized carbons (Fsp3) is 0.524. The van der Waals surface area contributed by atoms with Crippen LogP contribution in [0.5, 0.6) is 0 Å². The smallest absolute Gasteiger partial charge is 0.407 e. The van der Waals surface area contributed by atoms with Gasteiger partial charge in [-0.2, -0.15) is 0 Å². The quantitative estimate of drug-likeness (QED) is 0.787. The Morgan fingerprint density at radius 3 is 2.85 bits per heavy atom. The van der Waals surface area contributed by atoms with Gasteiger partial charge in [0.25, 0.3) is 0 Å². The maximum Gasteiger partial charge on any atom is 0.407 e.